The molecule has 2 rings (SSSR count). The molecule has 0 unspecified atom stereocenters. The van der Waals surface area contributed by atoms with Crippen LogP contribution in [0.4, 0.5) is 10.7 Å². The largest absolute Gasteiger partial charge is 0.462 e. The summed E-state index contributed by atoms with van der Waals surface area (Å²) in [5.74, 6) is -0.659. The first-order chi connectivity index (χ1) is 12.6. The van der Waals surface area contributed by atoms with Crippen molar-refractivity contribution in [3.8, 4) is 6.07 Å². The van der Waals surface area contributed by atoms with Crippen LogP contribution < -0.4 is 4.72 Å². The Bertz CT molecular complexity index is 1070. The number of sulfonamides is 1. The molecule has 0 aliphatic heterocycles. The molecule has 11 heteroatoms. The maximum atomic E-state index is 12.7. The monoisotopic (exact) mass is 409 g/mol. The predicted molar refractivity (Wildman–Crippen MR) is 98.4 cm³/mol. The molecule has 1 heterocycles. The topological polar surface area (TPSA) is 139 Å². The Morgan fingerprint density at radius 1 is 1.41 bits per heavy atom. The van der Waals surface area contributed by atoms with Crippen molar-refractivity contribution < 1.29 is 22.9 Å². The van der Waals surface area contributed by atoms with Crippen LogP contribution in [0.15, 0.2) is 23.1 Å². The normalized spacial score (nSPS) is 10.9. The Morgan fingerprint density at radius 3 is 2.63 bits per heavy atom. The summed E-state index contributed by atoms with van der Waals surface area (Å²) in [4.78, 5) is 22.0. The molecule has 0 spiro atoms. The van der Waals surface area contributed by atoms with Crippen LogP contribution in [0.3, 0.4) is 0 Å². The molecule has 0 amide bonds. The minimum atomic E-state index is -4.22. The van der Waals surface area contributed by atoms with Gasteiger partial charge in [-0.05, 0) is 31.9 Å². The Labute approximate surface area is 159 Å². The Morgan fingerprint density at radius 2 is 2.07 bits per heavy atom. The highest BCUT2D eigenvalue weighted by atomic mass is 32.2. The van der Waals surface area contributed by atoms with Gasteiger partial charge in [0.25, 0.3) is 15.7 Å². The number of hydrogen-bond donors (Lipinski definition) is 1. The molecule has 0 saturated heterocycles. The summed E-state index contributed by atoms with van der Waals surface area (Å²) in [5.41, 5.74) is 0.214. The molecule has 0 saturated carbocycles. The van der Waals surface area contributed by atoms with E-state index in [-0.39, 0.29) is 32.6 Å². The highest BCUT2D eigenvalue weighted by molar-refractivity contribution is 7.93. The SMILES string of the molecule is CCOC(=O)c1sc(NS(=O)(=O)c2cc([N+](=O)[O-])ccc2C)c(C#N)c1C. The number of esters is 1. The molecule has 0 atom stereocenters. The van der Waals surface area contributed by atoms with E-state index < -0.39 is 20.9 Å². The minimum absolute atomic E-state index is 0.00490. The van der Waals surface area contributed by atoms with Crippen molar-refractivity contribution in [2.24, 2.45) is 0 Å². The number of aryl methyl sites for hydroxylation is 1. The van der Waals surface area contributed by atoms with Crippen LogP contribution in [0.25, 0.3) is 0 Å². The third kappa shape index (κ3) is 4.07. The van der Waals surface area contributed by atoms with Gasteiger partial charge < -0.3 is 4.74 Å². The Hall–Kier alpha value is -2.97. The molecule has 0 aliphatic carbocycles. The van der Waals surface area contributed by atoms with Crippen molar-refractivity contribution in [3.05, 3.63) is 49.9 Å². The quantitative estimate of drug-likeness (QED) is 0.439. The smallest absolute Gasteiger partial charge is 0.348 e. The fourth-order valence-electron chi connectivity index (χ4n) is 2.28. The number of benzene rings is 1. The number of nitro benzene ring substituents is 1. The second-order valence-corrected chi connectivity index (χ2v) is 8.08. The summed E-state index contributed by atoms with van der Waals surface area (Å²) in [6.07, 6.45) is 0. The molecule has 0 bridgehead atoms. The number of rotatable bonds is 6. The van der Waals surface area contributed by atoms with E-state index in [2.05, 4.69) is 4.72 Å². The zero-order valence-corrected chi connectivity index (χ0v) is 16.2. The number of nitro groups is 1. The zero-order chi connectivity index (χ0) is 20.4. The van der Waals surface area contributed by atoms with Crippen molar-refractivity contribution in [1.82, 2.24) is 0 Å². The van der Waals surface area contributed by atoms with Gasteiger partial charge in [0.2, 0.25) is 0 Å². The zero-order valence-electron chi connectivity index (χ0n) is 14.6. The first-order valence-electron chi connectivity index (χ1n) is 7.60. The van der Waals surface area contributed by atoms with Gasteiger partial charge in [-0.2, -0.15) is 5.26 Å². The summed E-state index contributed by atoms with van der Waals surface area (Å²) in [7, 11) is -4.22. The van der Waals surface area contributed by atoms with Crippen molar-refractivity contribution in [1.29, 1.82) is 5.26 Å². The van der Waals surface area contributed by atoms with Gasteiger partial charge in [-0.25, -0.2) is 13.2 Å². The maximum absolute atomic E-state index is 12.7. The number of anilines is 1. The molecule has 0 fully saturated rings. The number of nitriles is 1. The molecule has 2 aromatic rings. The van der Waals surface area contributed by atoms with Gasteiger partial charge in [0.15, 0.2) is 0 Å². The highest BCUT2D eigenvalue weighted by Gasteiger charge is 2.26. The van der Waals surface area contributed by atoms with E-state index in [1.807, 2.05) is 6.07 Å². The van der Waals surface area contributed by atoms with Gasteiger partial charge in [-0.15, -0.1) is 11.3 Å². The van der Waals surface area contributed by atoms with Crippen LogP contribution in [0.5, 0.6) is 0 Å². The molecule has 142 valence electrons. The fraction of sp³-hybridized carbons (Fsp3) is 0.250. The van der Waals surface area contributed by atoms with Crippen molar-refractivity contribution in [3.63, 3.8) is 0 Å². The Kier molecular flexibility index (Phi) is 5.82. The van der Waals surface area contributed by atoms with E-state index in [0.717, 1.165) is 17.4 Å². The van der Waals surface area contributed by atoms with Crippen molar-refractivity contribution in [2.45, 2.75) is 25.7 Å². The number of nitrogens with zero attached hydrogens (tertiary/aromatic N) is 2. The minimum Gasteiger partial charge on any atom is -0.462 e. The number of nitrogens with one attached hydrogen (secondary N) is 1. The fourth-order valence-corrected chi connectivity index (χ4v) is 4.90. The van der Waals surface area contributed by atoms with E-state index in [1.54, 1.807) is 6.92 Å². The first-order valence-corrected chi connectivity index (χ1v) is 9.90. The molecule has 0 aliphatic rings. The van der Waals surface area contributed by atoms with Gasteiger partial charge in [0, 0.05) is 12.1 Å². The third-order valence-corrected chi connectivity index (χ3v) is 6.43. The molecule has 27 heavy (non-hydrogen) atoms. The molecular formula is C16H15N3O6S2. The van der Waals surface area contributed by atoms with Gasteiger partial charge in [-0.3, -0.25) is 14.8 Å². The van der Waals surface area contributed by atoms with Crippen LogP contribution in [-0.2, 0) is 14.8 Å². The van der Waals surface area contributed by atoms with Crippen LogP contribution in [-0.4, -0.2) is 25.9 Å². The average Bonchev–Trinajstić information content (AvgIpc) is 2.89. The number of ether oxygens (including phenoxy) is 1. The number of carbonyl (C=O) groups is 1. The van der Waals surface area contributed by atoms with Crippen LogP contribution in [0.2, 0.25) is 0 Å². The average molecular weight is 409 g/mol. The number of non-ortho nitro benzene ring substituents is 1. The maximum Gasteiger partial charge on any atom is 0.348 e. The van der Waals surface area contributed by atoms with Crippen molar-refractivity contribution in [2.75, 3.05) is 11.3 Å². The van der Waals surface area contributed by atoms with Gasteiger partial charge in [0.05, 0.1) is 22.0 Å². The number of carbonyl (C=O) groups excluding carboxylic acids is 1. The summed E-state index contributed by atoms with van der Waals surface area (Å²) < 4.78 is 32.6. The van der Waals surface area contributed by atoms with Gasteiger partial charge in [0.1, 0.15) is 15.9 Å². The highest BCUT2D eigenvalue weighted by Crippen LogP contribution is 2.35. The first kappa shape index (κ1) is 20.3. The second-order valence-electron chi connectivity index (χ2n) is 5.40. The standard InChI is InChI=1S/C16H15N3O6S2/c1-4-25-16(20)14-10(3)12(8-17)15(26-14)18-27(23,24)13-7-11(19(21)22)6-5-9(13)2/h5-7,18H,4H2,1-3H3. The molecular weight excluding hydrogens is 394 g/mol. The molecule has 0 radical (unpaired) electrons. The molecule has 9 nitrogen and oxygen atoms in total. The number of hydrogen-bond acceptors (Lipinski definition) is 8. The summed E-state index contributed by atoms with van der Waals surface area (Å²) in [5, 5.41) is 20.2. The van der Waals surface area contributed by atoms with E-state index in [4.69, 9.17) is 4.74 Å². The lowest BCUT2D eigenvalue weighted by Crippen LogP contribution is -2.14. The van der Waals surface area contributed by atoms with Crippen LogP contribution in [0, 0.1) is 35.3 Å². The van der Waals surface area contributed by atoms with Gasteiger partial charge in [-0.1, -0.05) is 6.07 Å². The Balaban J connectivity index is 2.52. The summed E-state index contributed by atoms with van der Waals surface area (Å²) in [6.45, 7) is 4.76. The lowest BCUT2D eigenvalue weighted by molar-refractivity contribution is -0.385. The summed E-state index contributed by atoms with van der Waals surface area (Å²) in [6, 6.07) is 5.33. The van der Waals surface area contributed by atoms with Gasteiger partial charge >= 0.3 is 5.97 Å². The third-order valence-electron chi connectivity index (χ3n) is 3.62. The van der Waals surface area contributed by atoms with E-state index >= 15 is 0 Å². The van der Waals surface area contributed by atoms with E-state index in [9.17, 15) is 28.6 Å². The second kappa shape index (κ2) is 7.73. The van der Waals surface area contributed by atoms with Crippen LogP contribution in [0.1, 0.15) is 33.3 Å². The van der Waals surface area contributed by atoms with E-state index in [0.29, 0.717) is 11.1 Å². The summed E-state index contributed by atoms with van der Waals surface area (Å²) >= 11 is 0.775. The lowest BCUT2D eigenvalue weighted by atomic mass is 10.2. The van der Waals surface area contributed by atoms with Crippen molar-refractivity contribution >= 4 is 38.0 Å². The predicted octanol–water partition coefficient (Wildman–Crippen LogP) is 3.12. The lowest BCUT2D eigenvalue weighted by Gasteiger charge is -2.09. The molecule has 1 N–H and O–H groups in total. The molecule has 1 aromatic heterocycles. The number of thiophene rings is 1. The van der Waals surface area contributed by atoms with Crippen LogP contribution >= 0.6 is 11.3 Å². The molecule has 1 aromatic carbocycles. The van der Waals surface area contributed by atoms with E-state index in [1.165, 1.54) is 26.0 Å².